The molecule has 0 N–H and O–H groups in total. The lowest BCUT2D eigenvalue weighted by atomic mass is 10.2. The highest BCUT2D eigenvalue weighted by molar-refractivity contribution is 6.43. The summed E-state index contributed by atoms with van der Waals surface area (Å²) in [6.45, 7) is 4.89. The van der Waals surface area contributed by atoms with Gasteiger partial charge in [-0.05, 0) is 25.1 Å². The molecular formula is C17H18Cl2N4O2. The van der Waals surface area contributed by atoms with Gasteiger partial charge in [0.25, 0.3) is 5.91 Å². The number of piperazine rings is 1. The molecule has 6 nitrogen and oxygen atoms in total. The molecule has 0 radical (unpaired) electrons. The van der Waals surface area contributed by atoms with Crippen LogP contribution < -0.4 is 9.64 Å². The molecule has 132 valence electrons. The highest BCUT2D eigenvalue weighted by Gasteiger charge is 2.24. The van der Waals surface area contributed by atoms with E-state index in [9.17, 15) is 4.79 Å². The Labute approximate surface area is 156 Å². The fourth-order valence-corrected chi connectivity index (χ4v) is 3.12. The maximum Gasteiger partial charge on any atom is 0.274 e. The monoisotopic (exact) mass is 380 g/mol. The van der Waals surface area contributed by atoms with Crippen molar-refractivity contribution < 1.29 is 9.53 Å². The van der Waals surface area contributed by atoms with Crippen molar-refractivity contribution in [2.24, 2.45) is 0 Å². The van der Waals surface area contributed by atoms with E-state index in [-0.39, 0.29) is 5.91 Å². The van der Waals surface area contributed by atoms with Crippen LogP contribution in [0.1, 0.15) is 17.4 Å². The Bertz CT molecular complexity index is 747. The van der Waals surface area contributed by atoms with E-state index in [0.717, 1.165) is 5.69 Å². The molecule has 8 heteroatoms. The van der Waals surface area contributed by atoms with Gasteiger partial charge in [0.15, 0.2) is 5.69 Å². The summed E-state index contributed by atoms with van der Waals surface area (Å²) >= 11 is 12.4. The first-order chi connectivity index (χ1) is 12.1. The summed E-state index contributed by atoms with van der Waals surface area (Å²) in [6, 6.07) is 8.87. The Morgan fingerprint density at radius 2 is 1.88 bits per heavy atom. The largest absolute Gasteiger partial charge is 0.477 e. The van der Waals surface area contributed by atoms with Crippen LogP contribution >= 0.6 is 23.2 Å². The van der Waals surface area contributed by atoms with Crippen LogP contribution in [0.15, 0.2) is 30.3 Å². The topological polar surface area (TPSA) is 58.6 Å². The molecule has 1 aliphatic rings. The number of nitrogens with zero attached hydrogens (tertiary/aromatic N) is 4. The van der Waals surface area contributed by atoms with Gasteiger partial charge in [-0.3, -0.25) is 4.79 Å². The van der Waals surface area contributed by atoms with Gasteiger partial charge in [0.1, 0.15) is 0 Å². The van der Waals surface area contributed by atoms with E-state index in [0.29, 0.717) is 54.4 Å². The summed E-state index contributed by atoms with van der Waals surface area (Å²) in [4.78, 5) is 16.4. The number of carbonyl (C=O) groups excluding carboxylic acids is 1. The molecule has 25 heavy (non-hydrogen) atoms. The first-order valence-corrected chi connectivity index (χ1v) is 8.80. The van der Waals surface area contributed by atoms with E-state index in [1.165, 1.54) is 0 Å². The van der Waals surface area contributed by atoms with Gasteiger partial charge < -0.3 is 14.5 Å². The van der Waals surface area contributed by atoms with Crippen molar-refractivity contribution in [2.75, 3.05) is 37.7 Å². The molecule has 2 aromatic rings. The third-order valence-corrected chi connectivity index (χ3v) is 4.80. The second-order valence-electron chi connectivity index (χ2n) is 5.54. The minimum atomic E-state index is -0.132. The number of hydrogen-bond acceptors (Lipinski definition) is 5. The number of ether oxygens (including phenoxy) is 1. The highest BCUT2D eigenvalue weighted by Crippen LogP contribution is 2.32. The lowest BCUT2D eigenvalue weighted by Crippen LogP contribution is -2.49. The Morgan fingerprint density at radius 3 is 2.52 bits per heavy atom. The predicted molar refractivity (Wildman–Crippen MR) is 97.8 cm³/mol. The third-order valence-electron chi connectivity index (χ3n) is 3.99. The second kappa shape index (κ2) is 7.89. The molecule has 0 atom stereocenters. The van der Waals surface area contributed by atoms with Crippen molar-refractivity contribution in [2.45, 2.75) is 6.92 Å². The lowest BCUT2D eigenvalue weighted by Gasteiger charge is -2.36. The molecule has 0 saturated carbocycles. The number of halogens is 2. The van der Waals surface area contributed by atoms with Crippen molar-refractivity contribution in [1.82, 2.24) is 15.1 Å². The zero-order chi connectivity index (χ0) is 17.8. The number of anilines is 1. The van der Waals surface area contributed by atoms with Gasteiger partial charge in [0, 0.05) is 32.2 Å². The first-order valence-electron chi connectivity index (χ1n) is 8.05. The quantitative estimate of drug-likeness (QED) is 0.815. The standard InChI is InChI=1S/C17H18Cl2N4O2/c1-2-25-15-7-6-13(20-21-15)17(24)23-10-8-22(9-11-23)14-5-3-4-12(18)16(14)19/h3-7H,2,8-11H2,1H3. The van der Waals surface area contributed by atoms with E-state index < -0.39 is 0 Å². The third kappa shape index (κ3) is 3.96. The zero-order valence-corrected chi connectivity index (χ0v) is 15.3. The van der Waals surface area contributed by atoms with Gasteiger partial charge in [-0.1, -0.05) is 29.3 Å². The molecule has 0 aliphatic carbocycles. The van der Waals surface area contributed by atoms with Gasteiger partial charge in [0.05, 0.1) is 22.3 Å². The molecule has 2 heterocycles. The number of benzene rings is 1. The summed E-state index contributed by atoms with van der Waals surface area (Å²) < 4.78 is 5.24. The van der Waals surface area contributed by atoms with Crippen LogP contribution in [-0.4, -0.2) is 53.8 Å². The van der Waals surface area contributed by atoms with E-state index in [4.69, 9.17) is 27.9 Å². The maximum atomic E-state index is 12.6. The summed E-state index contributed by atoms with van der Waals surface area (Å²) in [5.41, 5.74) is 1.21. The summed E-state index contributed by atoms with van der Waals surface area (Å²) in [6.07, 6.45) is 0. The number of amides is 1. The highest BCUT2D eigenvalue weighted by atomic mass is 35.5. The average molecular weight is 381 g/mol. The van der Waals surface area contributed by atoms with Crippen molar-refractivity contribution in [3.05, 3.63) is 46.1 Å². The Kier molecular flexibility index (Phi) is 5.60. The lowest BCUT2D eigenvalue weighted by molar-refractivity contribution is 0.0739. The number of carbonyl (C=O) groups is 1. The van der Waals surface area contributed by atoms with Crippen LogP contribution in [0.2, 0.25) is 10.0 Å². The molecule has 1 amide bonds. The van der Waals surface area contributed by atoms with Crippen LogP contribution in [0.5, 0.6) is 5.88 Å². The molecule has 1 aromatic carbocycles. The number of aromatic nitrogens is 2. The summed E-state index contributed by atoms with van der Waals surface area (Å²) in [5, 5.41) is 8.94. The molecular weight excluding hydrogens is 363 g/mol. The molecule has 1 aliphatic heterocycles. The number of hydrogen-bond donors (Lipinski definition) is 0. The van der Waals surface area contributed by atoms with Crippen LogP contribution in [0.25, 0.3) is 0 Å². The van der Waals surface area contributed by atoms with Crippen LogP contribution in [-0.2, 0) is 0 Å². The van der Waals surface area contributed by atoms with Crippen LogP contribution in [0.4, 0.5) is 5.69 Å². The SMILES string of the molecule is CCOc1ccc(C(=O)N2CCN(c3cccc(Cl)c3Cl)CC2)nn1. The molecule has 0 bridgehead atoms. The first kappa shape index (κ1) is 17.8. The zero-order valence-electron chi connectivity index (χ0n) is 13.8. The van der Waals surface area contributed by atoms with Crippen molar-refractivity contribution >= 4 is 34.8 Å². The molecule has 0 unspecified atom stereocenters. The number of rotatable bonds is 4. The fraction of sp³-hybridized carbons (Fsp3) is 0.353. The predicted octanol–water partition coefficient (Wildman–Crippen LogP) is 3.14. The Hall–Kier alpha value is -2.05. The van der Waals surface area contributed by atoms with E-state index >= 15 is 0 Å². The normalized spacial score (nSPS) is 14.5. The van der Waals surface area contributed by atoms with Crippen molar-refractivity contribution in [3.63, 3.8) is 0 Å². The summed E-state index contributed by atoms with van der Waals surface area (Å²) in [5.74, 6) is 0.284. The molecule has 1 aromatic heterocycles. The van der Waals surface area contributed by atoms with E-state index in [2.05, 4.69) is 15.1 Å². The fourth-order valence-electron chi connectivity index (χ4n) is 2.71. The molecule has 3 rings (SSSR count). The molecule has 0 spiro atoms. The Balaban J connectivity index is 1.63. The minimum absolute atomic E-state index is 0.132. The summed E-state index contributed by atoms with van der Waals surface area (Å²) in [7, 11) is 0. The minimum Gasteiger partial charge on any atom is -0.477 e. The van der Waals surface area contributed by atoms with Crippen molar-refractivity contribution in [3.8, 4) is 5.88 Å². The van der Waals surface area contributed by atoms with Crippen LogP contribution in [0, 0.1) is 0 Å². The van der Waals surface area contributed by atoms with E-state index in [1.807, 2.05) is 19.1 Å². The van der Waals surface area contributed by atoms with Gasteiger partial charge in [-0.25, -0.2) is 0 Å². The Morgan fingerprint density at radius 1 is 1.12 bits per heavy atom. The van der Waals surface area contributed by atoms with Gasteiger partial charge in [-0.15, -0.1) is 10.2 Å². The van der Waals surface area contributed by atoms with Gasteiger partial charge in [-0.2, -0.15) is 0 Å². The average Bonchev–Trinajstić information content (AvgIpc) is 2.64. The second-order valence-corrected chi connectivity index (χ2v) is 6.33. The van der Waals surface area contributed by atoms with Crippen molar-refractivity contribution in [1.29, 1.82) is 0 Å². The van der Waals surface area contributed by atoms with Crippen LogP contribution in [0.3, 0.4) is 0 Å². The smallest absolute Gasteiger partial charge is 0.274 e. The maximum absolute atomic E-state index is 12.6. The molecule has 1 fully saturated rings. The van der Waals surface area contributed by atoms with E-state index in [1.54, 1.807) is 23.1 Å². The molecule has 1 saturated heterocycles. The van der Waals surface area contributed by atoms with Gasteiger partial charge in [0.2, 0.25) is 5.88 Å². The van der Waals surface area contributed by atoms with Gasteiger partial charge >= 0.3 is 0 Å².